The Hall–Kier alpha value is -4.74. The Morgan fingerprint density at radius 3 is 1.50 bits per heavy atom. The molecular weight excluding hydrogens is 621 g/mol. The molecule has 42 heavy (non-hydrogen) atoms. The number of para-hydroxylation sites is 1. The zero-order valence-corrected chi connectivity index (χ0v) is 25.4. The molecule has 0 saturated carbocycles. The van der Waals surface area contributed by atoms with E-state index in [2.05, 4.69) is 144 Å². The molecule has 0 aliphatic carbocycles. The van der Waals surface area contributed by atoms with Crippen molar-refractivity contribution in [3.63, 3.8) is 0 Å². The Morgan fingerprint density at radius 1 is 0.429 bits per heavy atom. The summed E-state index contributed by atoms with van der Waals surface area (Å²) < 4.78 is 19.3. The van der Waals surface area contributed by atoms with Gasteiger partial charge in [0.2, 0.25) is 0 Å². The van der Waals surface area contributed by atoms with Gasteiger partial charge in [-0.25, -0.2) is 0 Å². The molecule has 10 rings (SSSR count). The van der Waals surface area contributed by atoms with E-state index in [9.17, 15) is 0 Å². The van der Waals surface area contributed by atoms with Crippen LogP contribution >= 0.6 is 0 Å². The van der Waals surface area contributed by atoms with Crippen molar-refractivity contribution >= 4 is 71.3 Å². The minimum absolute atomic E-state index is 0.929. The zero-order chi connectivity index (χ0) is 27.4. The van der Waals surface area contributed by atoms with Gasteiger partial charge in [0.25, 0.3) is 0 Å². The molecule has 3 aliphatic rings. The first-order chi connectivity index (χ1) is 20.8. The van der Waals surface area contributed by atoms with Gasteiger partial charge in [-0.05, 0) is 0 Å². The first-order valence-corrected chi connectivity index (χ1v) is 20.1. The first kappa shape index (κ1) is 22.9. The standard InChI is InChI=1S/C32H18NO2.C6H5.Sn/c1-2-11-24(12-3-1)33-31-20-27(17-22-9-4-6-15-29(22)31)34-25-13-8-14-26(19-25)35-28-18-23-10-5-7-16-30(23)32(33)21-28;1-2-4-6-5-3-1;/h1-18H;1-5H;. The molecule has 0 amide bonds. The second kappa shape index (κ2) is 8.17. The van der Waals surface area contributed by atoms with E-state index in [0.29, 0.717) is 0 Å². The van der Waals surface area contributed by atoms with Crippen LogP contribution in [0.15, 0.2) is 140 Å². The summed E-state index contributed by atoms with van der Waals surface area (Å²) in [5.74, 6) is 3.80. The molecule has 0 spiro atoms. The summed E-state index contributed by atoms with van der Waals surface area (Å²) in [7, 11) is 0. The summed E-state index contributed by atoms with van der Waals surface area (Å²) in [4.78, 5) is 2.51. The molecule has 0 aromatic heterocycles. The molecule has 0 unspecified atom stereocenters. The van der Waals surface area contributed by atoms with E-state index >= 15 is 0 Å². The van der Waals surface area contributed by atoms with Crippen LogP contribution in [-0.4, -0.2) is 18.4 Å². The normalized spacial score (nSPS) is 14.7. The van der Waals surface area contributed by atoms with Crippen molar-refractivity contribution in [3.8, 4) is 23.0 Å². The SMILES string of the molecule is c1ccc(N2c3[c]4c(cc5ccccc35)Oc3cccc5[c]3[Sn]4([c]3ccccc3)[c]3c(cc4ccccc4c32)O5)cc1. The molecule has 0 bridgehead atoms. The van der Waals surface area contributed by atoms with E-state index in [1.165, 1.54) is 47.2 Å². The predicted octanol–water partition coefficient (Wildman–Crippen LogP) is 7.37. The maximum absolute atomic E-state index is 6.92. The summed E-state index contributed by atoms with van der Waals surface area (Å²) in [6.45, 7) is 0. The molecule has 0 saturated heterocycles. The third-order valence-corrected chi connectivity index (χ3v) is 23.2. The summed E-state index contributed by atoms with van der Waals surface area (Å²) in [6, 6.07) is 50.5. The van der Waals surface area contributed by atoms with Crippen LogP contribution in [0.3, 0.4) is 0 Å². The molecule has 3 aliphatic heterocycles. The van der Waals surface area contributed by atoms with E-state index in [1.54, 1.807) is 0 Å². The fourth-order valence-corrected chi connectivity index (χ4v) is 23.4. The Balaban J connectivity index is 1.54. The van der Waals surface area contributed by atoms with Crippen molar-refractivity contribution in [1.29, 1.82) is 0 Å². The van der Waals surface area contributed by atoms with Crippen LogP contribution in [-0.2, 0) is 0 Å². The van der Waals surface area contributed by atoms with Crippen molar-refractivity contribution in [3.05, 3.63) is 140 Å². The molecule has 0 N–H and O–H groups in total. The van der Waals surface area contributed by atoms with Crippen LogP contribution in [0.4, 0.5) is 17.1 Å². The van der Waals surface area contributed by atoms with Crippen molar-refractivity contribution in [2.75, 3.05) is 4.90 Å². The van der Waals surface area contributed by atoms with Crippen LogP contribution < -0.4 is 28.7 Å². The first-order valence-electron chi connectivity index (χ1n) is 14.4. The summed E-state index contributed by atoms with van der Waals surface area (Å²) in [6.07, 6.45) is 0. The molecule has 3 nitrogen and oxygen atoms in total. The molecule has 7 aromatic rings. The van der Waals surface area contributed by atoms with Gasteiger partial charge in [0.1, 0.15) is 0 Å². The van der Waals surface area contributed by atoms with Gasteiger partial charge >= 0.3 is 248 Å². The van der Waals surface area contributed by atoms with Crippen LogP contribution in [0, 0.1) is 0 Å². The molecule has 7 aromatic carbocycles. The Bertz CT molecular complexity index is 2150. The van der Waals surface area contributed by atoms with Gasteiger partial charge in [0.15, 0.2) is 0 Å². The number of hydrogen-bond acceptors (Lipinski definition) is 3. The molecule has 0 radical (unpaired) electrons. The third-order valence-electron chi connectivity index (χ3n) is 9.19. The predicted molar refractivity (Wildman–Crippen MR) is 173 cm³/mol. The second-order valence-corrected chi connectivity index (χ2v) is 21.5. The average molecular weight is 644 g/mol. The second-order valence-electron chi connectivity index (χ2n) is 11.3. The number of anilines is 3. The molecule has 3 heterocycles. The fraction of sp³-hybridized carbons (Fsp3) is 0. The van der Waals surface area contributed by atoms with Gasteiger partial charge in [0, 0.05) is 0 Å². The van der Waals surface area contributed by atoms with Crippen molar-refractivity contribution in [2.24, 2.45) is 0 Å². The van der Waals surface area contributed by atoms with Crippen LogP contribution in [0.5, 0.6) is 23.0 Å². The molecule has 0 fully saturated rings. The number of hydrogen-bond donors (Lipinski definition) is 0. The van der Waals surface area contributed by atoms with E-state index in [4.69, 9.17) is 9.47 Å². The van der Waals surface area contributed by atoms with E-state index in [1.807, 2.05) is 0 Å². The number of ether oxygens (including phenoxy) is 2. The molecule has 4 heteroatoms. The quantitative estimate of drug-likeness (QED) is 0.184. The monoisotopic (exact) mass is 645 g/mol. The Labute approximate surface area is 247 Å². The van der Waals surface area contributed by atoms with Gasteiger partial charge in [-0.1, -0.05) is 0 Å². The summed E-state index contributed by atoms with van der Waals surface area (Å²) >= 11 is -4.10. The number of rotatable bonds is 2. The topological polar surface area (TPSA) is 21.7 Å². The minimum atomic E-state index is -4.10. The van der Waals surface area contributed by atoms with E-state index in [-0.39, 0.29) is 0 Å². The van der Waals surface area contributed by atoms with Crippen molar-refractivity contribution < 1.29 is 9.47 Å². The zero-order valence-electron chi connectivity index (χ0n) is 22.5. The molecular formula is C38H23NO2Sn. The van der Waals surface area contributed by atoms with Gasteiger partial charge in [-0.3, -0.25) is 0 Å². The van der Waals surface area contributed by atoms with Crippen LogP contribution in [0.2, 0.25) is 0 Å². The van der Waals surface area contributed by atoms with E-state index < -0.39 is 18.4 Å². The van der Waals surface area contributed by atoms with Gasteiger partial charge < -0.3 is 0 Å². The number of fused-ring (bicyclic) bond motifs is 4. The van der Waals surface area contributed by atoms with Crippen LogP contribution in [0.25, 0.3) is 21.5 Å². The van der Waals surface area contributed by atoms with Crippen molar-refractivity contribution in [2.45, 2.75) is 0 Å². The summed E-state index contributed by atoms with van der Waals surface area (Å²) in [5, 5.41) is 4.83. The van der Waals surface area contributed by atoms with Gasteiger partial charge in [-0.15, -0.1) is 0 Å². The van der Waals surface area contributed by atoms with Crippen molar-refractivity contribution in [1.82, 2.24) is 0 Å². The Morgan fingerprint density at radius 2 is 0.929 bits per heavy atom. The maximum atomic E-state index is 6.92. The number of benzene rings is 7. The Kier molecular flexibility index (Phi) is 4.46. The summed E-state index contributed by atoms with van der Waals surface area (Å²) in [5.41, 5.74) is 3.62. The van der Waals surface area contributed by atoms with Crippen LogP contribution in [0.1, 0.15) is 0 Å². The fourth-order valence-electron chi connectivity index (χ4n) is 7.69. The average Bonchev–Trinajstić information content (AvgIpc) is 3.05. The van der Waals surface area contributed by atoms with E-state index in [0.717, 1.165) is 28.7 Å². The molecule has 196 valence electrons. The molecule has 0 atom stereocenters. The van der Waals surface area contributed by atoms with Gasteiger partial charge in [0.05, 0.1) is 0 Å². The third kappa shape index (κ3) is 2.72. The number of nitrogens with zero attached hydrogens (tertiary/aromatic N) is 1. The van der Waals surface area contributed by atoms with Gasteiger partial charge in [-0.2, -0.15) is 0 Å².